The molecule has 0 atom stereocenters. The summed E-state index contributed by atoms with van der Waals surface area (Å²) < 4.78 is 5.12. The summed E-state index contributed by atoms with van der Waals surface area (Å²) >= 11 is 0. The maximum absolute atomic E-state index is 11.6. The molecule has 1 N–H and O–H groups in total. The molecule has 3 nitrogen and oxygen atoms in total. The van der Waals surface area contributed by atoms with Gasteiger partial charge >= 0.3 is 43.7 Å². The standard InChI is InChI=1S/C15H22O3.Ca/c1-2-3-4-5-6-9-12-18-15(17)13-10-7-8-11-14(13)16;/h7-8,10-11,16H,2-6,9,12H2,1H3;/q;+2. The molecule has 0 unspecified atom stereocenters. The molecule has 1 aromatic rings. The molecule has 0 fully saturated rings. The summed E-state index contributed by atoms with van der Waals surface area (Å²) in [5.41, 5.74) is 0.239. The molecule has 1 aromatic carbocycles. The van der Waals surface area contributed by atoms with E-state index in [2.05, 4.69) is 6.92 Å². The average Bonchev–Trinajstić information content (AvgIpc) is 2.38. The van der Waals surface area contributed by atoms with Gasteiger partial charge in [-0.05, 0) is 18.6 Å². The van der Waals surface area contributed by atoms with Crippen molar-refractivity contribution < 1.29 is 14.6 Å². The molecule has 0 saturated carbocycles. The Morgan fingerprint density at radius 2 is 1.74 bits per heavy atom. The fourth-order valence-corrected chi connectivity index (χ4v) is 1.77. The third kappa shape index (κ3) is 7.81. The predicted molar refractivity (Wildman–Crippen MR) is 77.5 cm³/mol. The van der Waals surface area contributed by atoms with Crippen LogP contribution in [0.1, 0.15) is 55.8 Å². The predicted octanol–water partition coefficient (Wildman–Crippen LogP) is 3.53. The fraction of sp³-hybridized carbons (Fsp3) is 0.533. The van der Waals surface area contributed by atoms with Gasteiger partial charge in [-0.2, -0.15) is 0 Å². The van der Waals surface area contributed by atoms with Crippen molar-refractivity contribution in [3.63, 3.8) is 0 Å². The van der Waals surface area contributed by atoms with Crippen LogP contribution in [0.5, 0.6) is 5.75 Å². The molecule has 0 radical (unpaired) electrons. The second kappa shape index (κ2) is 11.6. The van der Waals surface area contributed by atoms with Gasteiger partial charge in [-0.3, -0.25) is 0 Å². The van der Waals surface area contributed by atoms with Gasteiger partial charge in [-0.15, -0.1) is 0 Å². The zero-order valence-corrected chi connectivity index (χ0v) is 13.9. The van der Waals surface area contributed by atoms with Crippen LogP contribution in [0.4, 0.5) is 0 Å². The van der Waals surface area contributed by atoms with Crippen LogP contribution in [-0.4, -0.2) is 55.4 Å². The number of benzene rings is 1. The average molecular weight is 290 g/mol. The topological polar surface area (TPSA) is 46.5 Å². The van der Waals surface area contributed by atoms with E-state index >= 15 is 0 Å². The number of hydrogen-bond donors (Lipinski definition) is 1. The number of phenolic OH excluding ortho intramolecular Hbond substituents is 1. The molecule has 0 heterocycles. The summed E-state index contributed by atoms with van der Waals surface area (Å²) in [6.45, 7) is 2.62. The zero-order valence-electron chi connectivity index (χ0n) is 11.7. The minimum Gasteiger partial charge on any atom is -0.507 e. The fourth-order valence-electron chi connectivity index (χ4n) is 1.77. The van der Waals surface area contributed by atoms with Crippen molar-refractivity contribution in [3.05, 3.63) is 29.8 Å². The summed E-state index contributed by atoms with van der Waals surface area (Å²) in [5, 5.41) is 9.48. The van der Waals surface area contributed by atoms with E-state index in [1.807, 2.05) is 0 Å². The first-order valence-electron chi connectivity index (χ1n) is 6.70. The number of para-hydroxylation sites is 1. The Hall–Kier alpha value is -0.250. The van der Waals surface area contributed by atoms with Crippen LogP contribution in [-0.2, 0) is 4.74 Å². The zero-order chi connectivity index (χ0) is 13.2. The van der Waals surface area contributed by atoms with Gasteiger partial charge < -0.3 is 9.84 Å². The molecule has 0 amide bonds. The molecule has 1 rings (SSSR count). The van der Waals surface area contributed by atoms with Crippen LogP contribution in [0.2, 0.25) is 0 Å². The molecular weight excluding hydrogens is 268 g/mol. The first kappa shape index (κ1) is 18.7. The van der Waals surface area contributed by atoms with E-state index in [1.165, 1.54) is 31.7 Å². The number of esters is 1. The van der Waals surface area contributed by atoms with Crippen LogP contribution >= 0.6 is 0 Å². The van der Waals surface area contributed by atoms with Crippen LogP contribution in [0, 0.1) is 0 Å². The van der Waals surface area contributed by atoms with E-state index in [4.69, 9.17) is 4.74 Å². The number of hydrogen-bond acceptors (Lipinski definition) is 3. The Morgan fingerprint density at radius 1 is 1.11 bits per heavy atom. The number of unbranched alkanes of at least 4 members (excludes halogenated alkanes) is 5. The second-order valence-electron chi connectivity index (χ2n) is 4.42. The van der Waals surface area contributed by atoms with Crippen LogP contribution < -0.4 is 0 Å². The van der Waals surface area contributed by atoms with Crippen LogP contribution in [0.3, 0.4) is 0 Å². The maximum atomic E-state index is 11.6. The normalized spacial score (nSPS) is 9.74. The van der Waals surface area contributed by atoms with Crippen molar-refractivity contribution in [1.29, 1.82) is 0 Å². The largest absolute Gasteiger partial charge is 2.00 e. The third-order valence-electron chi connectivity index (χ3n) is 2.86. The van der Waals surface area contributed by atoms with Crippen molar-refractivity contribution in [3.8, 4) is 5.75 Å². The minimum absolute atomic E-state index is 0. The molecule has 0 aromatic heterocycles. The van der Waals surface area contributed by atoms with Crippen LogP contribution in [0.15, 0.2) is 24.3 Å². The Bertz CT molecular complexity index is 366. The molecule has 4 heteroatoms. The first-order valence-corrected chi connectivity index (χ1v) is 6.70. The molecule has 0 aliphatic heterocycles. The SMILES string of the molecule is CCCCCCCCOC(=O)c1ccccc1O.[Ca+2]. The van der Waals surface area contributed by atoms with E-state index in [9.17, 15) is 9.90 Å². The van der Waals surface area contributed by atoms with Crippen molar-refractivity contribution in [2.24, 2.45) is 0 Å². The number of carbonyl (C=O) groups is 1. The molecule has 0 aliphatic rings. The molecular formula is C15H22CaO3+2. The Morgan fingerprint density at radius 3 is 2.42 bits per heavy atom. The monoisotopic (exact) mass is 290 g/mol. The van der Waals surface area contributed by atoms with Crippen molar-refractivity contribution in [2.45, 2.75) is 45.4 Å². The van der Waals surface area contributed by atoms with Gasteiger partial charge in [0.25, 0.3) is 0 Å². The van der Waals surface area contributed by atoms with E-state index < -0.39 is 5.97 Å². The molecule has 19 heavy (non-hydrogen) atoms. The summed E-state index contributed by atoms with van der Waals surface area (Å²) in [6.07, 6.45) is 6.95. The number of aromatic hydroxyl groups is 1. The van der Waals surface area contributed by atoms with Crippen molar-refractivity contribution >= 4 is 43.7 Å². The summed E-state index contributed by atoms with van der Waals surface area (Å²) in [4.78, 5) is 11.6. The minimum atomic E-state index is -0.443. The third-order valence-corrected chi connectivity index (χ3v) is 2.86. The van der Waals surface area contributed by atoms with Gasteiger partial charge in [0.05, 0.1) is 6.61 Å². The first-order chi connectivity index (χ1) is 8.75. The number of rotatable bonds is 8. The second-order valence-corrected chi connectivity index (χ2v) is 4.42. The Balaban J connectivity index is 0.00000324. The Labute approximate surface area is 145 Å². The summed E-state index contributed by atoms with van der Waals surface area (Å²) in [5.74, 6) is -0.466. The molecule has 0 spiro atoms. The molecule has 0 aliphatic carbocycles. The van der Waals surface area contributed by atoms with Gasteiger partial charge in [0.1, 0.15) is 11.3 Å². The summed E-state index contributed by atoms with van der Waals surface area (Å²) in [7, 11) is 0. The van der Waals surface area contributed by atoms with Crippen molar-refractivity contribution in [2.75, 3.05) is 6.61 Å². The smallest absolute Gasteiger partial charge is 0.507 e. The molecule has 0 bridgehead atoms. The van der Waals surface area contributed by atoms with Crippen LogP contribution in [0.25, 0.3) is 0 Å². The van der Waals surface area contributed by atoms with Gasteiger partial charge in [-0.1, -0.05) is 51.2 Å². The number of carbonyl (C=O) groups excluding carboxylic acids is 1. The maximum Gasteiger partial charge on any atom is 2.00 e. The van der Waals surface area contributed by atoms with Crippen molar-refractivity contribution in [1.82, 2.24) is 0 Å². The Kier molecular flexibility index (Phi) is 11.4. The summed E-state index contributed by atoms with van der Waals surface area (Å²) in [6, 6.07) is 6.45. The number of ether oxygens (including phenoxy) is 1. The van der Waals surface area contributed by atoms with Gasteiger partial charge in [0.15, 0.2) is 0 Å². The van der Waals surface area contributed by atoms with E-state index in [0.717, 1.165) is 12.8 Å². The molecule has 100 valence electrons. The van der Waals surface area contributed by atoms with E-state index in [-0.39, 0.29) is 49.1 Å². The van der Waals surface area contributed by atoms with E-state index in [0.29, 0.717) is 6.61 Å². The quantitative estimate of drug-likeness (QED) is 0.452. The van der Waals surface area contributed by atoms with E-state index in [1.54, 1.807) is 18.2 Å². The van der Waals surface area contributed by atoms with Gasteiger partial charge in [0.2, 0.25) is 0 Å². The number of phenols is 1. The molecule has 0 saturated heterocycles. The van der Waals surface area contributed by atoms with Gasteiger partial charge in [-0.25, -0.2) is 4.79 Å². The van der Waals surface area contributed by atoms with Gasteiger partial charge in [0, 0.05) is 0 Å².